The number of aromatic nitrogens is 2. The topological polar surface area (TPSA) is 34.4 Å². The predicted octanol–water partition coefficient (Wildman–Crippen LogP) is 4.01. The largest absolute Gasteiger partial charge is 0.344 e. The Hall–Kier alpha value is -2.36. The van der Waals surface area contributed by atoms with E-state index < -0.39 is 0 Å². The highest BCUT2D eigenvalue weighted by Gasteiger charge is 2.22. The number of quaternary nitrogens is 1. The first kappa shape index (κ1) is 16.8. The highest BCUT2D eigenvalue weighted by Crippen LogP contribution is 2.30. The maximum atomic E-state index is 6.30. The summed E-state index contributed by atoms with van der Waals surface area (Å²) in [6, 6.07) is 14.9. The fourth-order valence-electron chi connectivity index (χ4n) is 4.53. The van der Waals surface area contributed by atoms with E-state index in [0.29, 0.717) is 0 Å². The second-order valence-corrected chi connectivity index (χ2v) is 7.87. The van der Waals surface area contributed by atoms with E-state index in [1.807, 2.05) is 6.07 Å². The Balaban J connectivity index is 1.57. The van der Waals surface area contributed by atoms with Crippen molar-refractivity contribution < 1.29 is 5.32 Å². The van der Waals surface area contributed by atoms with Gasteiger partial charge in [0.25, 0.3) is 0 Å². The van der Waals surface area contributed by atoms with E-state index in [0.717, 1.165) is 43.2 Å². The van der Waals surface area contributed by atoms with Gasteiger partial charge in [-0.1, -0.05) is 35.9 Å². The zero-order chi connectivity index (χ0) is 18.4. The molecule has 2 N–H and O–H groups in total. The minimum Gasteiger partial charge on any atom is -0.344 e. The molecule has 2 aromatic carbocycles. The molecule has 1 aliphatic rings. The van der Waals surface area contributed by atoms with Crippen LogP contribution in [-0.4, -0.2) is 16.1 Å². The first-order valence-corrected chi connectivity index (χ1v) is 10.0. The van der Waals surface area contributed by atoms with Crippen LogP contribution in [0.2, 0.25) is 5.02 Å². The van der Waals surface area contributed by atoms with Gasteiger partial charge in [0.05, 0.1) is 6.54 Å². The average Bonchev–Trinajstić information content (AvgIpc) is 3.01. The van der Waals surface area contributed by atoms with Crippen LogP contribution in [0.25, 0.3) is 21.7 Å². The van der Waals surface area contributed by atoms with Crippen molar-refractivity contribution in [2.24, 2.45) is 0 Å². The first-order valence-electron chi connectivity index (χ1n) is 9.67. The highest BCUT2D eigenvalue weighted by molar-refractivity contribution is 6.31. The molecule has 0 aliphatic carbocycles. The Kier molecular flexibility index (Phi) is 4.14. The second-order valence-electron chi connectivity index (χ2n) is 7.43. The normalized spacial score (nSPS) is 14.0. The number of nitrogens with two attached hydrogens (primary N) is 1. The van der Waals surface area contributed by atoms with Crippen molar-refractivity contribution in [3.8, 4) is 0 Å². The summed E-state index contributed by atoms with van der Waals surface area (Å²) < 4.78 is 2.52. The van der Waals surface area contributed by atoms with E-state index in [4.69, 9.17) is 11.6 Å². The monoisotopic (exact) mass is 376 g/mol. The summed E-state index contributed by atoms with van der Waals surface area (Å²) >= 11 is 6.30. The van der Waals surface area contributed by atoms with E-state index >= 15 is 0 Å². The predicted molar refractivity (Wildman–Crippen MR) is 111 cm³/mol. The average molecular weight is 377 g/mol. The van der Waals surface area contributed by atoms with Crippen molar-refractivity contribution >= 4 is 33.3 Å². The standard InChI is InChI=1S/C23H22ClN3/c1-15-18-4-2-3-5-19(18)16(13-26-15)9-11-27-22-7-6-17(24)12-20(22)21-14-25-10-8-23(21)27/h2-7,12-13,25H,8-11,14H2,1H3/p+1. The zero-order valence-corrected chi connectivity index (χ0v) is 16.3. The van der Waals surface area contributed by atoms with Crippen molar-refractivity contribution in [2.75, 3.05) is 6.54 Å². The Morgan fingerprint density at radius 2 is 1.96 bits per heavy atom. The first-order chi connectivity index (χ1) is 13.2. The number of nitrogens with zero attached hydrogens (tertiary/aromatic N) is 2. The summed E-state index contributed by atoms with van der Waals surface area (Å²) in [6.45, 7) is 5.27. The second kappa shape index (κ2) is 6.66. The molecule has 0 spiro atoms. The van der Waals surface area contributed by atoms with Crippen LogP contribution in [0, 0.1) is 6.92 Å². The van der Waals surface area contributed by atoms with Gasteiger partial charge in [-0.05, 0) is 42.5 Å². The van der Waals surface area contributed by atoms with Crippen LogP contribution in [0.15, 0.2) is 48.7 Å². The minimum atomic E-state index is 0.821. The third kappa shape index (κ3) is 2.82. The number of rotatable bonds is 3. The molecule has 0 amide bonds. The molecule has 4 heteroatoms. The van der Waals surface area contributed by atoms with Gasteiger partial charge in [0.1, 0.15) is 6.54 Å². The number of hydrogen-bond donors (Lipinski definition) is 1. The lowest BCUT2D eigenvalue weighted by Gasteiger charge is -2.16. The summed E-state index contributed by atoms with van der Waals surface area (Å²) in [7, 11) is 0. The number of hydrogen-bond acceptors (Lipinski definition) is 1. The van der Waals surface area contributed by atoms with Crippen LogP contribution >= 0.6 is 11.6 Å². The fraction of sp³-hybridized carbons (Fsp3) is 0.261. The lowest BCUT2D eigenvalue weighted by Crippen LogP contribution is -2.84. The van der Waals surface area contributed by atoms with Gasteiger partial charge in [-0.25, -0.2) is 0 Å². The molecule has 0 saturated heterocycles. The van der Waals surface area contributed by atoms with Gasteiger partial charge in [-0.15, -0.1) is 0 Å². The molecule has 0 unspecified atom stereocenters. The van der Waals surface area contributed by atoms with Crippen molar-refractivity contribution in [1.29, 1.82) is 0 Å². The molecular weight excluding hydrogens is 354 g/mol. The molecule has 0 saturated carbocycles. The number of benzene rings is 2. The van der Waals surface area contributed by atoms with Gasteiger partial charge < -0.3 is 9.88 Å². The van der Waals surface area contributed by atoms with Gasteiger partial charge in [0, 0.05) is 57.4 Å². The molecule has 27 heavy (non-hydrogen) atoms. The van der Waals surface area contributed by atoms with E-state index in [1.54, 1.807) is 0 Å². The Bertz CT molecular complexity index is 1160. The summed E-state index contributed by atoms with van der Waals surface area (Å²) in [5, 5.41) is 7.12. The third-order valence-electron chi connectivity index (χ3n) is 5.86. The fourth-order valence-corrected chi connectivity index (χ4v) is 4.70. The Morgan fingerprint density at radius 1 is 1.11 bits per heavy atom. The van der Waals surface area contributed by atoms with E-state index in [9.17, 15) is 0 Å². The molecule has 5 rings (SSSR count). The maximum Gasteiger partial charge on any atom is 0.104 e. The summed E-state index contributed by atoms with van der Waals surface area (Å²) in [6.07, 6.45) is 4.16. The van der Waals surface area contributed by atoms with E-state index in [2.05, 4.69) is 64.4 Å². The lowest BCUT2D eigenvalue weighted by atomic mass is 10.0. The Labute approximate surface area is 164 Å². The molecule has 4 aromatic rings. The van der Waals surface area contributed by atoms with Crippen LogP contribution in [0.5, 0.6) is 0 Å². The molecule has 3 nitrogen and oxygen atoms in total. The maximum absolute atomic E-state index is 6.30. The van der Waals surface area contributed by atoms with Crippen LogP contribution in [0.4, 0.5) is 0 Å². The van der Waals surface area contributed by atoms with E-state index in [1.165, 1.54) is 38.5 Å². The highest BCUT2D eigenvalue weighted by atomic mass is 35.5. The van der Waals surface area contributed by atoms with Gasteiger partial charge >= 0.3 is 0 Å². The minimum absolute atomic E-state index is 0.821. The lowest BCUT2D eigenvalue weighted by molar-refractivity contribution is -0.673. The Morgan fingerprint density at radius 3 is 2.85 bits per heavy atom. The zero-order valence-electron chi connectivity index (χ0n) is 15.5. The van der Waals surface area contributed by atoms with Gasteiger partial charge in [-0.3, -0.25) is 4.98 Å². The van der Waals surface area contributed by atoms with Crippen molar-refractivity contribution in [3.05, 3.63) is 76.2 Å². The van der Waals surface area contributed by atoms with Crippen molar-refractivity contribution in [1.82, 2.24) is 9.55 Å². The molecule has 0 fully saturated rings. The quantitative estimate of drug-likeness (QED) is 0.576. The van der Waals surface area contributed by atoms with Gasteiger partial charge in [-0.2, -0.15) is 0 Å². The molecule has 3 heterocycles. The molecule has 1 aliphatic heterocycles. The van der Waals surface area contributed by atoms with Gasteiger partial charge in [0.15, 0.2) is 0 Å². The molecule has 2 aromatic heterocycles. The van der Waals surface area contributed by atoms with Crippen molar-refractivity contribution in [3.63, 3.8) is 0 Å². The molecule has 0 bridgehead atoms. The smallest absolute Gasteiger partial charge is 0.104 e. The number of aryl methyl sites for hydroxylation is 3. The summed E-state index contributed by atoms with van der Waals surface area (Å²) in [4.78, 5) is 4.64. The molecule has 0 atom stereocenters. The summed E-state index contributed by atoms with van der Waals surface area (Å²) in [5.41, 5.74) is 6.68. The number of halogens is 1. The summed E-state index contributed by atoms with van der Waals surface area (Å²) in [5.74, 6) is 0. The van der Waals surface area contributed by atoms with Gasteiger partial charge in [0.2, 0.25) is 0 Å². The third-order valence-corrected chi connectivity index (χ3v) is 6.10. The molecular formula is C23H23ClN3+. The molecule has 136 valence electrons. The van der Waals surface area contributed by atoms with Crippen LogP contribution in [0.3, 0.4) is 0 Å². The number of pyridine rings is 1. The number of fused-ring (bicyclic) bond motifs is 4. The molecule has 0 radical (unpaired) electrons. The van der Waals surface area contributed by atoms with Crippen LogP contribution in [0.1, 0.15) is 22.5 Å². The van der Waals surface area contributed by atoms with Crippen LogP contribution < -0.4 is 5.32 Å². The SMILES string of the molecule is Cc1ncc(CCn2c3c(c4cc(Cl)ccc42)C[NH2+]CC3)c2ccccc12. The van der Waals surface area contributed by atoms with Crippen molar-refractivity contribution in [2.45, 2.75) is 32.9 Å². The van der Waals surface area contributed by atoms with Crippen LogP contribution in [-0.2, 0) is 25.9 Å². The van der Waals surface area contributed by atoms with E-state index in [-0.39, 0.29) is 0 Å².